The Bertz CT molecular complexity index is 1180. The highest BCUT2D eigenvalue weighted by Crippen LogP contribution is 2.30. The molecule has 1 N–H and O–H groups in total. The van der Waals surface area contributed by atoms with Crippen molar-refractivity contribution in [3.63, 3.8) is 0 Å². The number of hydrogen-bond donors (Lipinski definition) is 1. The number of nitrogens with zero attached hydrogens (tertiary/aromatic N) is 4. The number of alkyl halides is 3. The molecule has 0 unspecified atom stereocenters. The Morgan fingerprint density at radius 2 is 2.18 bits per heavy atom. The van der Waals surface area contributed by atoms with Crippen molar-refractivity contribution in [1.82, 2.24) is 19.6 Å². The number of ether oxygens (including phenoxy) is 1. The van der Waals surface area contributed by atoms with Crippen LogP contribution in [0.3, 0.4) is 0 Å². The largest absolute Gasteiger partial charge is 0.484 e. The predicted molar refractivity (Wildman–Crippen MR) is 96.8 cm³/mol. The fourth-order valence-electron chi connectivity index (χ4n) is 2.64. The number of thiazole rings is 1. The van der Waals surface area contributed by atoms with Crippen molar-refractivity contribution in [1.29, 1.82) is 0 Å². The molecule has 1 amide bonds. The van der Waals surface area contributed by atoms with Crippen LogP contribution in [0.4, 0.5) is 18.3 Å². The Labute approximate surface area is 159 Å². The van der Waals surface area contributed by atoms with E-state index in [2.05, 4.69) is 20.4 Å². The second-order valence-corrected chi connectivity index (χ2v) is 6.89. The van der Waals surface area contributed by atoms with Gasteiger partial charge in [0.05, 0.1) is 15.9 Å². The lowest BCUT2D eigenvalue weighted by molar-refractivity contribution is -0.153. The van der Waals surface area contributed by atoms with Crippen molar-refractivity contribution in [2.75, 3.05) is 11.9 Å². The molecule has 0 aliphatic heterocycles. The molecule has 0 saturated heterocycles. The number of amides is 1. The van der Waals surface area contributed by atoms with Crippen LogP contribution in [0, 0.1) is 6.92 Å². The van der Waals surface area contributed by atoms with Gasteiger partial charge in [0.15, 0.2) is 17.4 Å². The Balaban J connectivity index is 1.57. The van der Waals surface area contributed by atoms with E-state index < -0.39 is 18.7 Å². The number of nitrogens with one attached hydrogen (secondary N) is 1. The van der Waals surface area contributed by atoms with E-state index in [0.717, 1.165) is 11.3 Å². The second kappa shape index (κ2) is 6.75. The molecular weight excluding hydrogens is 395 g/mol. The molecule has 11 heteroatoms. The van der Waals surface area contributed by atoms with E-state index >= 15 is 0 Å². The fourth-order valence-corrected chi connectivity index (χ4v) is 3.52. The molecule has 0 saturated carbocycles. The highest BCUT2D eigenvalue weighted by Gasteiger charge is 2.28. The van der Waals surface area contributed by atoms with E-state index in [1.54, 1.807) is 25.4 Å². The van der Waals surface area contributed by atoms with Crippen LogP contribution in [0.25, 0.3) is 15.9 Å². The molecule has 144 valence electrons. The number of carbonyl (C=O) groups is 1. The van der Waals surface area contributed by atoms with Crippen molar-refractivity contribution < 1.29 is 22.7 Å². The molecule has 3 heterocycles. The highest BCUT2D eigenvalue weighted by atomic mass is 32.1. The second-order valence-electron chi connectivity index (χ2n) is 5.85. The van der Waals surface area contributed by atoms with Gasteiger partial charge in [-0.15, -0.1) is 0 Å². The molecule has 0 radical (unpaired) electrons. The standard InChI is InChI=1S/C17H12F3N5O2S/c1-9-13(14-21-5-2-6-25(14)24-9)15(26)23-16-22-11-4-3-10(7-12(11)28-16)27-8-17(18,19)20/h2-7H,8H2,1H3,(H,22,23,26). The monoisotopic (exact) mass is 407 g/mol. The number of hydrogen-bond acceptors (Lipinski definition) is 6. The predicted octanol–water partition coefficient (Wildman–Crippen LogP) is 3.84. The number of rotatable bonds is 4. The number of fused-ring (bicyclic) bond motifs is 2. The summed E-state index contributed by atoms with van der Waals surface area (Å²) in [5.74, 6) is -0.340. The minimum atomic E-state index is -4.41. The van der Waals surface area contributed by atoms with Gasteiger partial charge in [0.2, 0.25) is 0 Å². The molecule has 0 atom stereocenters. The van der Waals surface area contributed by atoms with Gasteiger partial charge in [0, 0.05) is 12.4 Å². The normalized spacial score (nSPS) is 11.9. The Morgan fingerprint density at radius 3 is 2.96 bits per heavy atom. The zero-order chi connectivity index (χ0) is 19.9. The molecule has 0 aliphatic carbocycles. The van der Waals surface area contributed by atoms with Crippen LogP contribution in [-0.4, -0.2) is 38.3 Å². The molecule has 0 spiro atoms. The van der Waals surface area contributed by atoms with Gasteiger partial charge in [0.1, 0.15) is 11.3 Å². The first-order valence-corrected chi connectivity index (χ1v) is 8.83. The van der Waals surface area contributed by atoms with Crippen LogP contribution in [0.5, 0.6) is 5.75 Å². The first-order chi connectivity index (χ1) is 13.3. The van der Waals surface area contributed by atoms with E-state index in [0.29, 0.717) is 32.3 Å². The minimum Gasteiger partial charge on any atom is -0.484 e. The van der Waals surface area contributed by atoms with E-state index in [4.69, 9.17) is 4.74 Å². The number of carbonyl (C=O) groups excluding carboxylic acids is 1. The maximum atomic E-state index is 12.7. The van der Waals surface area contributed by atoms with Gasteiger partial charge in [-0.3, -0.25) is 10.1 Å². The molecule has 0 bridgehead atoms. The van der Waals surface area contributed by atoms with Gasteiger partial charge in [-0.1, -0.05) is 11.3 Å². The van der Waals surface area contributed by atoms with E-state index in [1.807, 2.05) is 0 Å². The molecule has 28 heavy (non-hydrogen) atoms. The summed E-state index contributed by atoms with van der Waals surface area (Å²) >= 11 is 1.13. The molecule has 0 fully saturated rings. The highest BCUT2D eigenvalue weighted by molar-refractivity contribution is 7.22. The summed E-state index contributed by atoms with van der Waals surface area (Å²) in [4.78, 5) is 21.1. The van der Waals surface area contributed by atoms with Crippen LogP contribution >= 0.6 is 11.3 Å². The Kier molecular flexibility index (Phi) is 4.38. The van der Waals surface area contributed by atoms with Crippen molar-refractivity contribution in [2.45, 2.75) is 13.1 Å². The molecule has 3 aromatic heterocycles. The Morgan fingerprint density at radius 1 is 1.36 bits per heavy atom. The van der Waals surface area contributed by atoms with Crippen LogP contribution in [-0.2, 0) is 0 Å². The molecular formula is C17H12F3N5O2S. The number of halogens is 3. The summed E-state index contributed by atoms with van der Waals surface area (Å²) in [6.45, 7) is 0.328. The smallest absolute Gasteiger partial charge is 0.422 e. The van der Waals surface area contributed by atoms with E-state index in [9.17, 15) is 18.0 Å². The average Bonchev–Trinajstić information content (AvgIpc) is 3.17. The zero-order valence-corrected chi connectivity index (χ0v) is 15.1. The summed E-state index contributed by atoms with van der Waals surface area (Å²) in [5.41, 5.74) is 1.80. The van der Waals surface area contributed by atoms with Gasteiger partial charge >= 0.3 is 6.18 Å². The summed E-state index contributed by atoms with van der Waals surface area (Å²) in [6, 6.07) is 6.09. The van der Waals surface area contributed by atoms with Gasteiger partial charge in [0.25, 0.3) is 5.91 Å². The van der Waals surface area contributed by atoms with Gasteiger partial charge in [-0.2, -0.15) is 18.3 Å². The lowest BCUT2D eigenvalue weighted by Gasteiger charge is -2.08. The van der Waals surface area contributed by atoms with Gasteiger partial charge in [-0.25, -0.2) is 14.5 Å². The SMILES string of the molecule is Cc1nn2cccnc2c1C(=O)Nc1nc2ccc(OCC(F)(F)F)cc2s1. The van der Waals surface area contributed by atoms with Crippen LogP contribution < -0.4 is 10.1 Å². The zero-order valence-electron chi connectivity index (χ0n) is 14.3. The van der Waals surface area contributed by atoms with Gasteiger partial charge < -0.3 is 4.74 Å². The lowest BCUT2D eigenvalue weighted by Crippen LogP contribution is -2.19. The van der Waals surface area contributed by atoms with E-state index in [-0.39, 0.29) is 5.75 Å². The lowest BCUT2D eigenvalue weighted by atomic mass is 10.2. The Hall–Kier alpha value is -3.21. The number of aryl methyl sites for hydroxylation is 1. The van der Waals surface area contributed by atoms with Crippen molar-refractivity contribution in [3.8, 4) is 5.75 Å². The minimum absolute atomic E-state index is 0.0778. The average molecular weight is 407 g/mol. The quantitative estimate of drug-likeness (QED) is 0.556. The van der Waals surface area contributed by atoms with Crippen molar-refractivity contribution >= 4 is 38.2 Å². The first kappa shape index (κ1) is 18.2. The summed E-state index contributed by atoms with van der Waals surface area (Å²) < 4.78 is 43.7. The van der Waals surface area contributed by atoms with Crippen LogP contribution in [0.1, 0.15) is 16.1 Å². The van der Waals surface area contributed by atoms with Crippen molar-refractivity contribution in [3.05, 3.63) is 47.9 Å². The summed E-state index contributed by atoms with van der Waals surface area (Å²) in [5, 5.41) is 7.24. The van der Waals surface area contributed by atoms with Gasteiger partial charge in [-0.05, 0) is 31.2 Å². The van der Waals surface area contributed by atoms with Crippen LogP contribution in [0.2, 0.25) is 0 Å². The summed E-state index contributed by atoms with van der Waals surface area (Å²) in [7, 11) is 0. The fraction of sp³-hybridized carbons (Fsp3) is 0.176. The third-order valence-corrected chi connectivity index (χ3v) is 4.71. The summed E-state index contributed by atoms with van der Waals surface area (Å²) in [6.07, 6.45) is -1.16. The maximum Gasteiger partial charge on any atom is 0.422 e. The number of benzene rings is 1. The number of anilines is 1. The molecule has 1 aromatic carbocycles. The first-order valence-electron chi connectivity index (χ1n) is 8.01. The third kappa shape index (κ3) is 3.60. The molecule has 4 rings (SSSR count). The maximum absolute atomic E-state index is 12.7. The van der Waals surface area contributed by atoms with Crippen molar-refractivity contribution in [2.24, 2.45) is 0 Å². The molecule has 0 aliphatic rings. The van der Waals surface area contributed by atoms with Crippen LogP contribution in [0.15, 0.2) is 36.7 Å². The van der Waals surface area contributed by atoms with E-state index in [1.165, 1.54) is 22.7 Å². The molecule has 4 aromatic rings. The molecule has 7 nitrogen and oxygen atoms in total. The third-order valence-electron chi connectivity index (χ3n) is 3.78. The topological polar surface area (TPSA) is 81.4 Å². The number of aromatic nitrogens is 4.